The summed E-state index contributed by atoms with van der Waals surface area (Å²) >= 11 is 1.70. The van der Waals surface area contributed by atoms with Crippen LogP contribution in [0.15, 0.2) is 29.9 Å². The lowest BCUT2D eigenvalue weighted by molar-refractivity contribution is 0.102. The molecule has 1 unspecified atom stereocenters. The molecule has 3 aromatic heterocycles. The van der Waals surface area contributed by atoms with Gasteiger partial charge in [0.25, 0.3) is 5.91 Å². The summed E-state index contributed by atoms with van der Waals surface area (Å²) in [4.78, 5) is 18.2. The van der Waals surface area contributed by atoms with E-state index in [1.54, 1.807) is 34.3 Å². The number of nitrogens with one attached hydrogen (secondary N) is 1. The molecular formula is C16H16N4OS. The molecule has 0 saturated heterocycles. The lowest BCUT2D eigenvalue weighted by atomic mass is 9.88. The number of nitrogens with zero attached hydrogens (tertiary/aromatic N) is 3. The molecule has 1 aliphatic rings. The molecule has 0 fully saturated rings. The Hall–Kier alpha value is -2.21. The first-order valence-corrected chi connectivity index (χ1v) is 8.29. The predicted molar refractivity (Wildman–Crippen MR) is 86.4 cm³/mol. The van der Waals surface area contributed by atoms with E-state index in [0.717, 1.165) is 30.5 Å². The number of hydrogen-bond donors (Lipinski definition) is 1. The Morgan fingerprint density at radius 3 is 3.23 bits per heavy atom. The first kappa shape index (κ1) is 13.5. The van der Waals surface area contributed by atoms with Crippen LogP contribution in [0.25, 0.3) is 5.65 Å². The number of anilines is 1. The van der Waals surface area contributed by atoms with Crippen molar-refractivity contribution in [3.05, 3.63) is 45.9 Å². The highest BCUT2D eigenvalue weighted by Crippen LogP contribution is 2.33. The second kappa shape index (κ2) is 5.21. The topological polar surface area (TPSA) is 59.3 Å². The largest absolute Gasteiger partial charge is 0.306 e. The number of rotatable bonds is 2. The van der Waals surface area contributed by atoms with Crippen LogP contribution in [0.2, 0.25) is 0 Å². The van der Waals surface area contributed by atoms with Gasteiger partial charge < -0.3 is 5.32 Å². The van der Waals surface area contributed by atoms with Crippen LogP contribution in [0.5, 0.6) is 0 Å². The van der Waals surface area contributed by atoms with Gasteiger partial charge in [0.2, 0.25) is 0 Å². The Morgan fingerprint density at radius 2 is 2.32 bits per heavy atom. The molecule has 0 aromatic carbocycles. The smallest absolute Gasteiger partial charge is 0.257 e. The number of carbonyl (C=O) groups is 1. The lowest BCUT2D eigenvalue weighted by Gasteiger charge is -2.18. The molecule has 1 aliphatic carbocycles. The number of hydrogen-bond acceptors (Lipinski definition) is 4. The van der Waals surface area contributed by atoms with E-state index in [-0.39, 0.29) is 5.91 Å². The maximum Gasteiger partial charge on any atom is 0.257 e. The average molecular weight is 312 g/mol. The fraction of sp³-hybridized carbons (Fsp3) is 0.312. The normalized spacial score (nSPS) is 17.4. The fourth-order valence-corrected chi connectivity index (χ4v) is 4.23. The van der Waals surface area contributed by atoms with E-state index in [1.807, 2.05) is 11.4 Å². The number of thiophene rings is 1. The van der Waals surface area contributed by atoms with E-state index >= 15 is 0 Å². The Kier molecular flexibility index (Phi) is 3.18. The van der Waals surface area contributed by atoms with Crippen LogP contribution < -0.4 is 5.32 Å². The van der Waals surface area contributed by atoms with E-state index in [0.29, 0.717) is 11.7 Å². The van der Waals surface area contributed by atoms with Crippen LogP contribution in [-0.2, 0) is 12.8 Å². The third-order valence-corrected chi connectivity index (χ3v) is 5.23. The Labute approximate surface area is 132 Å². The SMILES string of the molecule is CC1CCc2c(C(=O)Nc3ccnc4ccnn34)csc2C1. The zero-order valence-corrected chi connectivity index (χ0v) is 13.1. The fourth-order valence-electron chi connectivity index (χ4n) is 2.98. The van der Waals surface area contributed by atoms with Crippen LogP contribution in [0.1, 0.15) is 34.1 Å². The molecule has 0 saturated carbocycles. The van der Waals surface area contributed by atoms with Gasteiger partial charge in [0.1, 0.15) is 5.82 Å². The molecule has 22 heavy (non-hydrogen) atoms. The first-order valence-electron chi connectivity index (χ1n) is 7.41. The van der Waals surface area contributed by atoms with Gasteiger partial charge in [-0.2, -0.15) is 9.61 Å². The molecule has 3 aromatic rings. The summed E-state index contributed by atoms with van der Waals surface area (Å²) in [6.07, 6.45) is 6.59. The molecule has 6 heteroatoms. The summed E-state index contributed by atoms with van der Waals surface area (Å²) in [5.74, 6) is 1.30. The van der Waals surface area contributed by atoms with Gasteiger partial charge in [0.15, 0.2) is 5.65 Å². The zero-order valence-electron chi connectivity index (χ0n) is 12.2. The highest BCUT2D eigenvalue weighted by Gasteiger charge is 2.23. The van der Waals surface area contributed by atoms with Crippen LogP contribution in [0, 0.1) is 5.92 Å². The predicted octanol–water partition coefficient (Wildman–Crippen LogP) is 3.17. The van der Waals surface area contributed by atoms with Gasteiger partial charge in [0.05, 0.1) is 11.8 Å². The van der Waals surface area contributed by atoms with E-state index in [9.17, 15) is 4.79 Å². The molecule has 1 amide bonds. The van der Waals surface area contributed by atoms with Crippen molar-refractivity contribution in [2.24, 2.45) is 5.92 Å². The first-order chi connectivity index (χ1) is 10.7. The quantitative estimate of drug-likeness (QED) is 0.790. The van der Waals surface area contributed by atoms with E-state index in [2.05, 4.69) is 22.3 Å². The molecule has 5 nitrogen and oxygen atoms in total. The molecular weight excluding hydrogens is 296 g/mol. The summed E-state index contributed by atoms with van der Waals surface area (Å²) < 4.78 is 1.64. The summed E-state index contributed by atoms with van der Waals surface area (Å²) in [5, 5.41) is 9.14. The van der Waals surface area contributed by atoms with Gasteiger partial charge in [0, 0.05) is 22.5 Å². The van der Waals surface area contributed by atoms with Gasteiger partial charge in [-0.15, -0.1) is 11.3 Å². The molecule has 0 bridgehead atoms. The minimum absolute atomic E-state index is 0.0601. The van der Waals surface area contributed by atoms with Crippen molar-refractivity contribution in [2.75, 3.05) is 5.32 Å². The van der Waals surface area contributed by atoms with Crippen molar-refractivity contribution in [1.29, 1.82) is 0 Å². The summed E-state index contributed by atoms with van der Waals surface area (Å²) in [6.45, 7) is 2.27. The average Bonchev–Trinajstić information content (AvgIpc) is 3.13. The standard InChI is InChI=1S/C16H16N4OS/c1-10-2-3-11-12(9-22-13(11)8-10)16(21)19-15-4-6-17-14-5-7-18-20(14)15/h4-7,9-10H,2-3,8H2,1H3,(H,19,21). The Bertz CT molecular complexity index is 851. The van der Waals surface area contributed by atoms with E-state index in [4.69, 9.17) is 0 Å². The molecule has 1 atom stereocenters. The number of amides is 1. The van der Waals surface area contributed by atoms with Crippen LogP contribution in [-0.4, -0.2) is 20.5 Å². The van der Waals surface area contributed by atoms with Gasteiger partial charge in [-0.3, -0.25) is 4.79 Å². The highest BCUT2D eigenvalue weighted by atomic mass is 32.1. The van der Waals surface area contributed by atoms with Crippen molar-refractivity contribution >= 4 is 28.7 Å². The van der Waals surface area contributed by atoms with Crippen molar-refractivity contribution < 1.29 is 4.79 Å². The maximum atomic E-state index is 12.6. The van der Waals surface area contributed by atoms with E-state index < -0.39 is 0 Å². The molecule has 0 radical (unpaired) electrons. The minimum atomic E-state index is -0.0601. The van der Waals surface area contributed by atoms with Gasteiger partial charge in [-0.1, -0.05) is 6.92 Å². The molecule has 112 valence electrons. The molecule has 3 heterocycles. The van der Waals surface area contributed by atoms with E-state index in [1.165, 1.54) is 10.4 Å². The van der Waals surface area contributed by atoms with Crippen molar-refractivity contribution in [3.8, 4) is 0 Å². The van der Waals surface area contributed by atoms with Gasteiger partial charge in [-0.25, -0.2) is 4.98 Å². The lowest BCUT2D eigenvalue weighted by Crippen LogP contribution is -2.18. The molecule has 4 rings (SSSR count). The molecule has 1 N–H and O–H groups in total. The maximum absolute atomic E-state index is 12.6. The summed E-state index contributed by atoms with van der Waals surface area (Å²) in [7, 11) is 0. The Morgan fingerprint density at radius 1 is 1.41 bits per heavy atom. The van der Waals surface area contributed by atoms with Crippen molar-refractivity contribution in [2.45, 2.75) is 26.2 Å². The van der Waals surface area contributed by atoms with Crippen molar-refractivity contribution in [3.63, 3.8) is 0 Å². The number of fused-ring (bicyclic) bond motifs is 2. The number of carbonyl (C=O) groups excluding carboxylic acids is 1. The van der Waals surface area contributed by atoms with Crippen molar-refractivity contribution in [1.82, 2.24) is 14.6 Å². The molecule has 0 aliphatic heterocycles. The summed E-state index contributed by atoms with van der Waals surface area (Å²) in [5.41, 5.74) is 2.76. The Balaban J connectivity index is 1.64. The zero-order chi connectivity index (χ0) is 15.1. The second-order valence-corrected chi connectivity index (χ2v) is 6.75. The minimum Gasteiger partial charge on any atom is -0.306 e. The third-order valence-electron chi connectivity index (χ3n) is 4.18. The van der Waals surface area contributed by atoms with Crippen LogP contribution >= 0.6 is 11.3 Å². The van der Waals surface area contributed by atoms with Crippen LogP contribution in [0.4, 0.5) is 5.82 Å². The number of aromatic nitrogens is 3. The summed E-state index contributed by atoms with van der Waals surface area (Å²) in [6, 6.07) is 3.57. The third kappa shape index (κ3) is 2.20. The monoisotopic (exact) mass is 312 g/mol. The van der Waals surface area contributed by atoms with Gasteiger partial charge >= 0.3 is 0 Å². The molecule has 0 spiro atoms. The second-order valence-electron chi connectivity index (χ2n) is 5.78. The van der Waals surface area contributed by atoms with Gasteiger partial charge in [-0.05, 0) is 36.8 Å². The highest BCUT2D eigenvalue weighted by molar-refractivity contribution is 7.10. The van der Waals surface area contributed by atoms with Crippen LogP contribution in [0.3, 0.4) is 0 Å².